The van der Waals surface area contributed by atoms with E-state index in [4.69, 9.17) is 0 Å². The van der Waals surface area contributed by atoms with Crippen molar-refractivity contribution in [2.45, 2.75) is 19.9 Å². The number of benzene rings is 1. The van der Waals surface area contributed by atoms with Crippen molar-refractivity contribution < 1.29 is 0 Å². The second-order valence-corrected chi connectivity index (χ2v) is 5.21. The van der Waals surface area contributed by atoms with Crippen LogP contribution in [0.1, 0.15) is 18.3 Å². The van der Waals surface area contributed by atoms with Gasteiger partial charge >= 0.3 is 0 Å². The van der Waals surface area contributed by atoms with Crippen LogP contribution in [0.25, 0.3) is 0 Å². The third kappa shape index (κ3) is 3.21. The minimum atomic E-state index is 0.809. The van der Waals surface area contributed by atoms with Crippen LogP contribution in [0, 0.1) is 3.57 Å². The Labute approximate surface area is 115 Å². The fourth-order valence-corrected chi connectivity index (χ4v) is 2.24. The Balaban J connectivity index is 2.04. The van der Waals surface area contributed by atoms with Crippen LogP contribution in [-0.4, -0.2) is 9.78 Å². The highest BCUT2D eigenvalue weighted by atomic mass is 127. The van der Waals surface area contributed by atoms with Crippen LogP contribution < -0.4 is 5.32 Å². The van der Waals surface area contributed by atoms with Crippen LogP contribution in [0.4, 0.5) is 5.69 Å². The van der Waals surface area contributed by atoms with E-state index in [1.807, 2.05) is 11.7 Å². The summed E-state index contributed by atoms with van der Waals surface area (Å²) >= 11 is 2.32. The third-order valence-electron chi connectivity index (χ3n) is 2.69. The molecule has 1 heterocycles. The number of aromatic nitrogens is 2. The van der Waals surface area contributed by atoms with Gasteiger partial charge in [-0.05, 0) is 53.3 Å². The maximum Gasteiger partial charge on any atom is 0.0625 e. The molecule has 4 heteroatoms. The van der Waals surface area contributed by atoms with Gasteiger partial charge in [0.1, 0.15) is 0 Å². The van der Waals surface area contributed by atoms with Crippen LogP contribution >= 0.6 is 22.6 Å². The van der Waals surface area contributed by atoms with Gasteiger partial charge in [0, 0.05) is 16.3 Å². The summed E-state index contributed by atoms with van der Waals surface area (Å²) in [6.45, 7) is 2.93. The summed E-state index contributed by atoms with van der Waals surface area (Å²) in [5, 5.41) is 7.85. The summed E-state index contributed by atoms with van der Waals surface area (Å²) in [5.41, 5.74) is 3.50. The lowest BCUT2D eigenvalue weighted by molar-refractivity contribution is 0.707. The molecule has 0 unspecified atom stereocenters. The monoisotopic (exact) mass is 341 g/mol. The van der Waals surface area contributed by atoms with E-state index >= 15 is 0 Å². The Morgan fingerprint density at radius 1 is 1.35 bits per heavy atom. The standard InChI is InChI=1S/C13H16IN3/c1-3-11-8-13(17(2)16-11)9-15-12-6-4-5-10(14)7-12/h4-8,15H,3,9H2,1-2H3. The zero-order valence-electron chi connectivity index (χ0n) is 10.1. The van der Waals surface area contributed by atoms with Gasteiger partial charge in [-0.2, -0.15) is 5.10 Å². The first-order valence-corrected chi connectivity index (χ1v) is 6.78. The average Bonchev–Trinajstić information content (AvgIpc) is 2.68. The van der Waals surface area contributed by atoms with Gasteiger partial charge in [0.2, 0.25) is 0 Å². The molecule has 1 aromatic carbocycles. The first-order valence-electron chi connectivity index (χ1n) is 5.70. The number of rotatable bonds is 4. The molecule has 0 saturated heterocycles. The van der Waals surface area contributed by atoms with Crippen LogP contribution in [0.3, 0.4) is 0 Å². The molecule has 90 valence electrons. The lowest BCUT2D eigenvalue weighted by atomic mass is 10.3. The topological polar surface area (TPSA) is 29.9 Å². The summed E-state index contributed by atoms with van der Waals surface area (Å²) in [7, 11) is 1.99. The van der Waals surface area contributed by atoms with E-state index in [0.29, 0.717) is 0 Å². The maximum absolute atomic E-state index is 4.43. The summed E-state index contributed by atoms with van der Waals surface area (Å²) < 4.78 is 3.19. The van der Waals surface area contributed by atoms with Gasteiger partial charge in [-0.15, -0.1) is 0 Å². The van der Waals surface area contributed by atoms with Crippen LogP contribution in [0.15, 0.2) is 30.3 Å². The van der Waals surface area contributed by atoms with E-state index in [0.717, 1.165) is 24.3 Å². The van der Waals surface area contributed by atoms with Crippen LogP contribution in [0.2, 0.25) is 0 Å². The minimum Gasteiger partial charge on any atom is -0.379 e. The lowest BCUT2D eigenvalue weighted by Gasteiger charge is -2.06. The van der Waals surface area contributed by atoms with Crippen molar-refractivity contribution in [3.05, 3.63) is 45.3 Å². The summed E-state index contributed by atoms with van der Waals surface area (Å²) in [5.74, 6) is 0. The van der Waals surface area contributed by atoms with E-state index in [9.17, 15) is 0 Å². The highest BCUT2D eigenvalue weighted by molar-refractivity contribution is 14.1. The smallest absolute Gasteiger partial charge is 0.0625 e. The summed E-state index contributed by atoms with van der Waals surface area (Å²) in [6.07, 6.45) is 0.983. The lowest BCUT2D eigenvalue weighted by Crippen LogP contribution is -2.05. The van der Waals surface area contributed by atoms with Gasteiger partial charge in [-0.3, -0.25) is 4.68 Å². The van der Waals surface area contributed by atoms with Crippen molar-refractivity contribution in [3.63, 3.8) is 0 Å². The molecule has 2 aromatic rings. The highest BCUT2D eigenvalue weighted by Crippen LogP contribution is 2.14. The normalized spacial score (nSPS) is 10.5. The van der Waals surface area contributed by atoms with E-state index in [2.05, 4.69) is 70.3 Å². The first-order chi connectivity index (χ1) is 8.19. The molecule has 0 spiro atoms. The molecule has 0 radical (unpaired) electrons. The van der Waals surface area contributed by atoms with Crippen LogP contribution in [-0.2, 0) is 20.0 Å². The molecule has 0 saturated carbocycles. The highest BCUT2D eigenvalue weighted by Gasteiger charge is 2.03. The molecule has 0 amide bonds. The summed E-state index contributed by atoms with van der Waals surface area (Å²) in [4.78, 5) is 0. The molecule has 0 aliphatic carbocycles. The quantitative estimate of drug-likeness (QED) is 0.866. The predicted octanol–water partition coefficient (Wildman–Crippen LogP) is 3.20. The second kappa shape index (κ2) is 5.53. The number of hydrogen-bond donors (Lipinski definition) is 1. The fourth-order valence-electron chi connectivity index (χ4n) is 1.70. The molecular weight excluding hydrogens is 325 g/mol. The Kier molecular flexibility index (Phi) is 4.04. The van der Waals surface area contributed by atoms with Gasteiger partial charge in [0.15, 0.2) is 0 Å². The van der Waals surface area contributed by atoms with Crippen molar-refractivity contribution in [2.75, 3.05) is 5.32 Å². The number of nitrogens with zero attached hydrogens (tertiary/aromatic N) is 2. The molecule has 3 nitrogen and oxygen atoms in total. The van der Waals surface area contributed by atoms with E-state index < -0.39 is 0 Å². The number of nitrogens with one attached hydrogen (secondary N) is 1. The molecule has 1 aromatic heterocycles. The van der Waals surface area contributed by atoms with Gasteiger partial charge < -0.3 is 5.32 Å². The molecule has 2 rings (SSSR count). The van der Waals surface area contributed by atoms with Gasteiger partial charge in [-0.25, -0.2) is 0 Å². The first kappa shape index (κ1) is 12.4. The van der Waals surface area contributed by atoms with E-state index in [1.54, 1.807) is 0 Å². The largest absolute Gasteiger partial charge is 0.379 e. The predicted molar refractivity (Wildman–Crippen MR) is 79.1 cm³/mol. The average molecular weight is 341 g/mol. The van der Waals surface area contributed by atoms with E-state index in [1.165, 1.54) is 9.26 Å². The number of aryl methyl sites for hydroxylation is 2. The summed E-state index contributed by atoms with van der Waals surface area (Å²) in [6, 6.07) is 10.5. The zero-order chi connectivity index (χ0) is 12.3. The van der Waals surface area contributed by atoms with Crippen LogP contribution in [0.5, 0.6) is 0 Å². The number of hydrogen-bond acceptors (Lipinski definition) is 2. The molecule has 17 heavy (non-hydrogen) atoms. The van der Waals surface area contributed by atoms with E-state index in [-0.39, 0.29) is 0 Å². The molecule has 0 aliphatic rings. The minimum absolute atomic E-state index is 0.809. The van der Waals surface area contributed by atoms with Crippen molar-refractivity contribution in [2.24, 2.45) is 7.05 Å². The molecule has 0 atom stereocenters. The molecule has 0 fully saturated rings. The number of anilines is 1. The Morgan fingerprint density at radius 2 is 2.18 bits per heavy atom. The third-order valence-corrected chi connectivity index (χ3v) is 3.36. The van der Waals surface area contributed by atoms with Gasteiger partial charge in [-0.1, -0.05) is 13.0 Å². The van der Waals surface area contributed by atoms with Crippen molar-refractivity contribution in [1.82, 2.24) is 9.78 Å². The zero-order valence-corrected chi connectivity index (χ0v) is 12.2. The van der Waals surface area contributed by atoms with Gasteiger partial charge in [0.25, 0.3) is 0 Å². The number of halogens is 1. The van der Waals surface area contributed by atoms with Gasteiger partial charge in [0.05, 0.1) is 17.9 Å². The van der Waals surface area contributed by atoms with Crippen molar-refractivity contribution in [3.8, 4) is 0 Å². The fraction of sp³-hybridized carbons (Fsp3) is 0.308. The Hall–Kier alpha value is -1.04. The molecular formula is C13H16IN3. The second-order valence-electron chi connectivity index (χ2n) is 3.97. The Bertz CT molecular complexity index is 505. The Morgan fingerprint density at radius 3 is 2.82 bits per heavy atom. The molecule has 0 bridgehead atoms. The molecule has 1 N–H and O–H groups in total. The molecule has 0 aliphatic heterocycles. The SMILES string of the molecule is CCc1cc(CNc2cccc(I)c2)n(C)n1. The van der Waals surface area contributed by atoms with Crippen molar-refractivity contribution in [1.29, 1.82) is 0 Å². The maximum atomic E-state index is 4.43. The van der Waals surface area contributed by atoms with Crippen molar-refractivity contribution >= 4 is 28.3 Å².